The van der Waals surface area contributed by atoms with Gasteiger partial charge >= 0.3 is 0 Å². The Morgan fingerprint density at radius 3 is 2.61 bits per heavy atom. The summed E-state index contributed by atoms with van der Waals surface area (Å²) in [5.41, 5.74) is 1.40. The first-order valence-corrected chi connectivity index (χ1v) is 13.0. The Morgan fingerprint density at radius 2 is 1.89 bits per heavy atom. The van der Waals surface area contributed by atoms with Crippen LogP contribution in [0.25, 0.3) is 10.9 Å². The van der Waals surface area contributed by atoms with E-state index in [1.807, 2.05) is 22.9 Å². The first-order valence-electron chi connectivity index (χ1n) is 13.0. The van der Waals surface area contributed by atoms with E-state index in [4.69, 9.17) is 14.2 Å². The highest BCUT2D eigenvalue weighted by Gasteiger charge is 2.35. The lowest BCUT2D eigenvalue weighted by atomic mass is 9.90. The fourth-order valence-corrected chi connectivity index (χ4v) is 5.56. The zero-order valence-corrected chi connectivity index (χ0v) is 21.4. The predicted octanol–water partition coefficient (Wildman–Crippen LogP) is 3.46. The highest BCUT2D eigenvalue weighted by Crippen LogP contribution is 2.36. The molecule has 1 atom stereocenters. The SMILES string of the molecule is COCCn1nnnc1[C@H](C(C)C)N(Cc1cc2cc3c(cc2[nH]c1=O)OCCO3)C1CCCCC1. The van der Waals surface area contributed by atoms with Gasteiger partial charge in [-0.15, -0.1) is 5.10 Å². The minimum atomic E-state index is -0.0820. The Balaban J connectivity index is 1.53. The number of pyridine rings is 1. The molecule has 0 spiro atoms. The van der Waals surface area contributed by atoms with Crippen LogP contribution in [0, 0.1) is 5.92 Å². The number of nitrogens with zero attached hydrogens (tertiary/aromatic N) is 5. The van der Waals surface area contributed by atoms with E-state index in [0.29, 0.717) is 50.5 Å². The summed E-state index contributed by atoms with van der Waals surface area (Å²) in [6.07, 6.45) is 5.85. The molecule has 1 saturated carbocycles. The van der Waals surface area contributed by atoms with Gasteiger partial charge in [0.05, 0.1) is 24.7 Å². The summed E-state index contributed by atoms with van der Waals surface area (Å²) in [6, 6.07) is 6.13. The van der Waals surface area contributed by atoms with E-state index in [2.05, 4.69) is 39.3 Å². The van der Waals surface area contributed by atoms with Crippen molar-refractivity contribution in [2.45, 2.75) is 71.1 Å². The Morgan fingerprint density at radius 1 is 1.14 bits per heavy atom. The zero-order chi connectivity index (χ0) is 25.1. The second-order valence-electron chi connectivity index (χ2n) is 10.1. The number of aromatic amines is 1. The molecule has 3 aromatic rings. The first kappa shape index (κ1) is 24.7. The summed E-state index contributed by atoms with van der Waals surface area (Å²) in [7, 11) is 1.68. The third-order valence-electron chi connectivity index (χ3n) is 7.30. The summed E-state index contributed by atoms with van der Waals surface area (Å²) in [5.74, 6) is 2.46. The van der Waals surface area contributed by atoms with Crippen molar-refractivity contribution in [3.05, 3.63) is 39.9 Å². The summed E-state index contributed by atoms with van der Waals surface area (Å²) in [6.45, 7) is 7.07. The van der Waals surface area contributed by atoms with Crippen molar-refractivity contribution in [1.82, 2.24) is 30.1 Å². The average Bonchev–Trinajstić information content (AvgIpc) is 3.34. The van der Waals surface area contributed by atoms with E-state index < -0.39 is 0 Å². The molecule has 0 unspecified atom stereocenters. The number of methoxy groups -OCH3 is 1. The molecule has 194 valence electrons. The lowest BCUT2D eigenvalue weighted by molar-refractivity contribution is 0.0597. The van der Waals surface area contributed by atoms with Crippen LogP contribution in [0.2, 0.25) is 0 Å². The molecule has 0 saturated heterocycles. The molecule has 0 radical (unpaired) electrons. The van der Waals surface area contributed by atoms with Crippen molar-refractivity contribution in [2.24, 2.45) is 5.92 Å². The number of rotatable bonds is 9. The minimum Gasteiger partial charge on any atom is -0.486 e. The third kappa shape index (κ3) is 5.10. The fraction of sp³-hybridized carbons (Fsp3) is 0.615. The van der Waals surface area contributed by atoms with Crippen molar-refractivity contribution >= 4 is 10.9 Å². The summed E-state index contributed by atoms with van der Waals surface area (Å²) < 4.78 is 18.6. The van der Waals surface area contributed by atoms with E-state index >= 15 is 0 Å². The van der Waals surface area contributed by atoms with Crippen LogP contribution in [0.3, 0.4) is 0 Å². The standard InChI is InChI=1S/C26H36N6O4/c1-17(2)24(25-28-29-30-32(25)9-10-34-3)31(20-7-5-4-6-8-20)16-19-13-18-14-22-23(36-12-11-35-22)15-21(18)27-26(19)33/h13-15,17,20,24H,4-12,16H2,1-3H3,(H,27,33)/t24-/m0/s1. The number of benzene rings is 1. The maximum absolute atomic E-state index is 13.3. The van der Waals surface area contributed by atoms with E-state index in [9.17, 15) is 4.79 Å². The predicted molar refractivity (Wildman–Crippen MR) is 135 cm³/mol. The summed E-state index contributed by atoms with van der Waals surface area (Å²) >= 11 is 0. The van der Waals surface area contributed by atoms with Crippen molar-refractivity contribution in [1.29, 1.82) is 0 Å². The second-order valence-corrected chi connectivity index (χ2v) is 10.1. The summed E-state index contributed by atoms with van der Waals surface area (Å²) in [5, 5.41) is 13.6. The van der Waals surface area contributed by atoms with Crippen LogP contribution < -0.4 is 15.0 Å². The zero-order valence-electron chi connectivity index (χ0n) is 21.4. The lowest BCUT2D eigenvalue weighted by Crippen LogP contribution is -2.43. The second kappa shape index (κ2) is 11.0. The highest BCUT2D eigenvalue weighted by atomic mass is 16.6. The molecule has 1 fully saturated rings. The maximum atomic E-state index is 13.3. The number of hydrogen-bond donors (Lipinski definition) is 1. The number of tetrazole rings is 1. The minimum absolute atomic E-state index is 0.0321. The van der Waals surface area contributed by atoms with Gasteiger partial charge in [-0.1, -0.05) is 33.1 Å². The Labute approximate surface area is 210 Å². The molecule has 3 heterocycles. The molecule has 36 heavy (non-hydrogen) atoms. The van der Waals surface area contributed by atoms with Crippen molar-refractivity contribution in [3.63, 3.8) is 0 Å². The molecular weight excluding hydrogens is 460 g/mol. The van der Waals surface area contributed by atoms with Crippen LogP contribution >= 0.6 is 0 Å². The summed E-state index contributed by atoms with van der Waals surface area (Å²) in [4.78, 5) is 18.8. The van der Waals surface area contributed by atoms with E-state index in [-0.39, 0.29) is 17.5 Å². The van der Waals surface area contributed by atoms with Gasteiger partial charge in [0.2, 0.25) is 0 Å². The van der Waals surface area contributed by atoms with E-state index in [1.54, 1.807) is 7.11 Å². The Bertz CT molecular complexity index is 1230. The highest BCUT2D eigenvalue weighted by molar-refractivity contribution is 5.83. The molecule has 1 aliphatic heterocycles. The van der Waals surface area contributed by atoms with Crippen LogP contribution in [0.4, 0.5) is 0 Å². The van der Waals surface area contributed by atoms with Gasteiger partial charge in [-0.05, 0) is 41.3 Å². The Kier molecular flexibility index (Phi) is 7.52. The average molecular weight is 497 g/mol. The normalized spacial score (nSPS) is 17.2. The molecule has 2 aromatic heterocycles. The van der Waals surface area contributed by atoms with Crippen LogP contribution in [-0.2, 0) is 17.8 Å². The van der Waals surface area contributed by atoms with Crippen LogP contribution in [0.1, 0.15) is 63.4 Å². The molecule has 2 aliphatic rings. The molecule has 1 aliphatic carbocycles. The van der Waals surface area contributed by atoms with Crippen LogP contribution in [0.5, 0.6) is 11.5 Å². The number of H-pyrrole nitrogens is 1. The quantitative estimate of drug-likeness (QED) is 0.480. The molecule has 0 amide bonds. The number of fused-ring (bicyclic) bond motifs is 2. The van der Waals surface area contributed by atoms with E-state index in [0.717, 1.165) is 35.1 Å². The van der Waals surface area contributed by atoms with Crippen LogP contribution in [0.15, 0.2) is 23.0 Å². The monoisotopic (exact) mass is 496 g/mol. The fourth-order valence-electron chi connectivity index (χ4n) is 5.56. The van der Waals surface area contributed by atoms with Gasteiger partial charge in [0.15, 0.2) is 17.3 Å². The van der Waals surface area contributed by atoms with E-state index in [1.165, 1.54) is 19.3 Å². The van der Waals surface area contributed by atoms with Crippen molar-refractivity contribution in [3.8, 4) is 11.5 Å². The largest absolute Gasteiger partial charge is 0.486 e. The topological polar surface area (TPSA) is 107 Å². The van der Waals surface area contributed by atoms with Gasteiger partial charge in [-0.2, -0.15) is 0 Å². The molecule has 1 N–H and O–H groups in total. The number of ether oxygens (including phenoxy) is 3. The van der Waals surface area contributed by atoms with Gasteiger partial charge < -0.3 is 19.2 Å². The maximum Gasteiger partial charge on any atom is 0.252 e. The van der Waals surface area contributed by atoms with Gasteiger partial charge in [0, 0.05) is 36.7 Å². The molecule has 10 nitrogen and oxygen atoms in total. The lowest BCUT2D eigenvalue weighted by Gasteiger charge is -2.41. The van der Waals surface area contributed by atoms with Gasteiger partial charge in [-0.25, -0.2) is 4.68 Å². The first-order chi connectivity index (χ1) is 17.5. The third-order valence-corrected chi connectivity index (χ3v) is 7.30. The molecule has 0 bridgehead atoms. The number of nitrogens with one attached hydrogen (secondary N) is 1. The molecular formula is C26H36N6O4. The van der Waals surface area contributed by atoms with Gasteiger partial charge in [-0.3, -0.25) is 9.69 Å². The Hall–Kier alpha value is -2.98. The molecule has 5 rings (SSSR count). The van der Waals surface area contributed by atoms with Gasteiger partial charge in [0.25, 0.3) is 5.56 Å². The van der Waals surface area contributed by atoms with Crippen LogP contribution in [-0.4, -0.2) is 63.1 Å². The number of aromatic nitrogens is 5. The van der Waals surface area contributed by atoms with Crippen molar-refractivity contribution in [2.75, 3.05) is 26.9 Å². The number of hydrogen-bond acceptors (Lipinski definition) is 8. The molecule has 10 heteroatoms. The smallest absolute Gasteiger partial charge is 0.252 e. The van der Waals surface area contributed by atoms with Gasteiger partial charge in [0.1, 0.15) is 13.2 Å². The molecule has 1 aromatic carbocycles. The van der Waals surface area contributed by atoms with Crippen molar-refractivity contribution < 1.29 is 14.2 Å².